The number of carbonyl (C=O) groups excluding carboxylic acids is 5. The molecule has 5 rings (SSSR count). The molecule has 8 unspecified atom stereocenters. The highest BCUT2D eigenvalue weighted by molar-refractivity contribution is 6.39. The third-order valence-electron chi connectivity index (χ3n) is 18.1. The number of piperazine rings is 1. The SMILES string of the molecule is COCCOC1[I+]C2CCC(C)C(O)(O2)C(=O)C(=O)N2CCCCC2C(=O)O[C@H]([C@H](C)C[C@@H]2CCC(OCCCN3CCN(C)CC3)[C@@](C)(OC)C2)CC(=O)[C@H](C)/C=C(\C)C(O)[C@](C)(OC)C(=O)C(C)C[C@H](C)/C=C/CC/C=C/1C. The maximum Gasteiger partial charge on any atom is 0.343 e. The number of allylic oxidation sites excluding steroid dienone is 4. The highest BCUT2D eigenvalue weighted by Gasteiger charge is 2.56. The van der Waals surface area contributed by atoms with Crippen molar-refractivity contribution in [3.05, 3.63) is 35.5 Å². The second-order valence-corrected chi connectivity index (χ2v) is 27.8. The number of esters is 1. The Morgan fingerprint density at radius 3 is 2.26 bits per heavy atom. The van der Waals surface area contributed by atoms with Crippen LogP contribution in [0.25, 0.3) is 0 Å². The van der Waals surface area contributed by atoms with Gasteiger partial charge >= 0.3 is 27.2 Å². The molecule has 0 spiro atoms. The molecule has 5 aliphatic rings. The van der Waals surface area contributed by atoms with Gasteiger partial charge in [-0.25, -0.2) is 4.79 Å². The van der Waals surface area contributed by atoms with Gasteiger partial charge in [0.2, 0.25) is 5.79 Å². The second kappa shape index (κ2) is 32.1. The molecule has 80 heavy (non-hydrogen) atoms. The Hall–Kier alpha value is -2.50. The Morgan fingerprint density at radius 1 is 0.850 bits per heavy atom. The van der Waals surface area contributed by atoms with Crippen LogP contribution in [0.15, 0.2) is 35.5 Å². The van der Waals surface area contributed by atoms with Crippen LogP contribution in [0.5, 0.6) is 0 Å². The number of piperidine rings is 1. The smallest absolute Gasteiger partial charge is 0.343 e. The summed E-state index contributed by atoms with van der Waals surface area (Å²) in [5.74, 6) is -7.80. The molecule has 18 heteroatoms. The van der Waals surface area contributed by atoms with E-state index >= 15 is 0 Å². The van der Waals surface area contributed by atoms with E-state index in [0.29, 0.717) is 70.3 Å². The number of cyclic esters (lactones) is 1. The molecule has 0 aromatic heterocycles. The van der Waals surface area contributed by atoms with Crippen LogP contribution >= 0.6 is 0 Å². The summed E-state index contributed by atoms with van der Waals surface area (Å²) in [6.45, 7) is 23.4. The number of carbonyl (C=O) groups is 5. The van der Waals surface area contributed by atoms with Crippen molar-refractivity contribution in [3.8, 4) is 0 Å². The maximum absolute atomic E-state index is 14.8. The topological polar surface area (TPSA) is 200 Å². The number of likely N-dealkylation sites (N-methyl/N-ethyl adjacent to an activating group) is 1. The summed E-state index contributed by atoms with van der Waals surface area (Å²) >= 11 is -1.01. The van der Waals surface area contributed by atoms with Crippen molar-refractivity contribution in [2.75, 3.05) is 87.5 Å². The number of hydrogen-bond acceptors (Lipinski definition) is 16. The lowest BCUT2D eigenvalue weighted by molar-refractivity contribution is -0.787. The number of hydrogen-bond donors (Lipinski definition) is 2. The van der Waals surface area contributed by atoms with Crippen molar-refractivity contribution in [1.29, 1.82) is 0 Å². The third kappa shape index (κ3) is 18.5. The van der Waals surface area contributed by atoms with Gasteiger partial charge < -0.3 is 53.3 Å². The van der Waals surface area contributed by atoms with Gasteiger partial charge in [-0.1, -0.05) is 58.9 Å². The summed E-state index contributed by atoms with van der Waals surface area (Å²) in [5.41, 5.74) is -0.764. The lowest BCUT2D eigenvalue weighted by Gasteiger charge is -2.44. The number of ether oxygens (including phenoxy) is 7. The number of halogens is 1. The van der Waals surface area contributed by atoms with Gasteiger partial charge in [0.05, 0.1) is 24.9 Å². The third-order valence-corrected chi connectivity index (χ3v) is 21.7. The molecule has 4 aliphatic heterocycles. The Balaban J connectivity index is 1.43. The molecule has 0 aromatic carbocycles. The second-order valence-electron chi connectivity index (χ2n) is 24.6. The van der Waals surface area contributed by atoms with E-state index in [1.165, 1.54) is 12.0 Å². The lowest BCUT2D eigenvalue weighted by atomic mass is 9.73. The molecule has 456 valence electrons. The first kappa shape index (κ1) is 68.3. The molecule has 4 heterocycles. The number of ketones is 3. The van der Waals surface area contributed by atoms with Crippen LogP contribution in [0.2, 0.25) is 0 Å². The summed E-state index contributed by atoms with van der Waals surface area (Å²) < 4.78 is 42.3. The molecule has 17 nitrogen and oxygen atoms in total. The van der Waals surface area contributed by atoms with E-state index in [0.717, 1.165) is 70.4 Å². The summed E-state index contributed by atoms with van der Waals surface area (Å²) in [5, 5.41) is 24.1. The average molecular weight is 1240 g/mol. The van der Waals surface area contributed by atoms with Crippen molar-refractivity contribution < 1.29 is 88.5 Å². The zero-order chi connectivity index (χ0) is 59.0. The fraction of sp³-hybridized carbons (Fsp3) is 0.823. The van der Waals surface area contributed by atoms with E-state index in [9.17, 15) is 34.2 Å². The summed E-state index contributed by atoms with van der Waals surface area (Å²) in [4.78, 5) is 78.7. The molecule has 1 amide bonds. The first-order valence-electron chi connectivity index (χ1n) is 30.0. The number of amides is 1. The standard InChI is InChI=1S/C62H103IN3O14/c1-41-20-15-14-16-21-42(2)57(78-35-34-74-11)63-53-26-23-47(7)62(73,80-53)56(70)58(71)66-28-18-17-22-49(66)59(72)79-51(39-50(67)43(3)37-46(6)55(69)61(9,76-13)54(68)45(5)36-41)44(4)38-48-24-25-52(60(8,40-48)75-12)77-33-19-27-65-31-29-64(10)30-32-65/h15,20-21,37,41,43-45,47-49,51-53,55,57,69,73H,14,16-19,22-36,38-40H2,1-13H3/q+1/b20-15+,42-21+,46-37+/t41-,43-,44-,45?,47?,48+,49?,51+,52?,53?,55?,57?,60+,61-,62?/m1/s1. The first-order chi connectivity index (χ1) is 37.9. The minimum atomic E-state index is -2.42. The van der Waals surface area contributed by atoms with Crippen molar-refractivity contribution >= 4 is 29.2 Å². The predicted octanol–water partition coefficient (Wildman–Crippen LogP) is 4.48. The average Bonchev–Trinajstić information content (AvgIpc) is 3.46. The highest BCUT2D eigenvalue weighted by Crippen LogP contribution is 2.41. The monoisotopic (exact) mass is 1240 g/mol. The fourth-order valence-corrected chi connectivity index (χ4v) is 15.7. The van der Waals surface area contributed by atoms with Crippen molar-refractivity contribution in [2.45, 2.75) is 202 Å². The van der Waals surface area contributed by atoms with Gasteiger partial charge in [0.15, 0.2) is 11.4 Å². The molecule has 1 saturated carbocycles. The van der Waals surface area contributed by atoms with Crippen LogP contribution in [0.3, 0.4) is 0 Å². The van der Waals surface area contributed by atoms with E-state index < -0.39 is 96.0 Å². The molecule has 1 aliphatic carbocycles. The fourth-order valence-electron chi connectivity index (χ4n) is 12.5. The number of rotatable bonds is 14. The van der Waals surface area contributed by atoms with Crippen LogP contribution in [0.4, 0.5) is 0 Å². The van der Waals surface area contributed by atoms with Crippen molar-refractivity contribution in [3.63, 3.8) is 0 Å². The van der Waals surface area contributed by atoms with E-state index in [1.54, 1.807) is 48.0 Å². The summed E-state index contributed by atoms with van der Waals surface area (Å²) in [7, 11) is 6.91. The largest absolute Gasteiger partial charge is 0.460 e. The molecular weight excluding hydrogens is 1140 g/mol. The Labute approximate surface area is 490 Å². The number of Topliss-reactive ketones (excluding diaryl/α,β-unsaturated/α-hetero) is 3. The Bertz CT molecular complexity index is 2120. The van der Waals surface area contributed by atoms with Gasteiger partial charge in [-0.05, 0) is 135 Å². The number of aliphatic hydroxyl groups is 2. The molecule has 0 aromatic rings. The number of nitrogens with zero attached hydrogens (tertiary/aromatic N) is 3. The van der Waals surface area contributed by atoms with Crippen molar-refractivity contribution in [2.24, 2.45) is 35.5 Å². The molecule has 3 saturated heterocycles. The van der Waals surface area contributed by atoms with E-state index in [2.05, 4.69) is 48.9 Å². The molecule has 2 bridgehead atoms. The van der Waals surface area contributed by atoms with Crippen LogP contribution < -0.4 is 21.2 Å². The molecule has 15 atom stereocenters. The van der Waals surface area contributed by atoms with Gasteiger partial charge in [0.25, 0.3) is 19.9 Å². The highest BCUT2D eigenvalue weighted by atomic mass is 127. The number of methoxy groups -OCH3 is 3. The van der Waals surface area contributed by atoms with Crippen LogP contribution in [-0.4, -0.2) is 191 Å². The van der Waals surface area contributed by atoms with Gasteiger partial charge in [-0.15, -0.1) is 0 Å². The molecule has 2 N–H and O–H groups in total. The van der Waals surface area contributed by atoms with Gasteiger partial charge in [0, 0.05) is 103 Å². The number of aliphatic hydroxyl groups excluding tert-OH is 1. The molecule has 0 radical (unpaired) electrons. The van der Waals surface area contributed by atoms with Gasteiger partial charge in [-0.3, -0.25) is 23.9 Å². The molecule has 4 fully saturated rings. The normalized spacial score (nSPS) is 38.4. The number of fused-ring (bicyclic) bond motifs is 3. The van der Waals surface area contributed by atoms with Crippen LogP contribution in [-0.2, 0) is 57.1 Å². The van der Waals surface area contributed by atoms with E-state index in [1.807, 2.05) is 20.8 Å². The molecular formula is C62H103IN3O14+. The predicted molar refractivity (Wildman–Crippen MR) is 303 cm³/mol. The van der Waals surface area contributed by atoms with Gasteiger partial charge in [-0.2, -0.15) is 0 Å². The maximum atomic E-state index is 14.8. The summed E-state index contributed by atoms with van der Waals surface area (Å²) in [6, 6.07) is -1.14. The minimum absolute atomic E-state index is 0.0452. The van der Waals surface area contributed by atoms with Gasteiger partial charge in [0.1, 0.15) is 24.0 Å². The quantitative estimate of drug-likeness (QED) is 0.0616. The van der Waals surface area contributed by atoms with E-state index in [-0.39, 0.29) is 58.9 Å². The zero-order valence-electron chi connectivity index (χ0n) is 51.0. The van der Waals surface area contributed by atoms with E-state index in [4.69, 9.17) is 33.2 Å². The van der Waals surface area contributed by atoms with Crippen LogP contribution in [0.1, 0.15) is 152 Å². The number of alkyl halides is 2. The van der Waals surface area contributed by atoms with Crippen molar-refractivity contribution in [1.82, 2.24) is 14.7 Å². The zero-order valence-corrected chi connectivity index (χ0v) is 53.2. The lowest BCUT2D eigenvalue weighted by Crippen LogP contribution is -3.69. The first-order valence-corrected chi connectivity index (χ1v) is 32.5. The Morgan fingerprint density at radius 2 is 1.57 bits per heavy atom. The Kier molecular flexibility index (Phi) is 27.4. The summed E-state index contributed by atoms with van der Waals surface area (Å²) in [6.07, 6.45) is 13.7. The minimum Gasteiger partial charge on any atom is -0.460 e. The van der Waals surface area contributed by atoms with Crippen LogP contribution in [0, 0.1) is 35.5 Å².